The van der Waals surface area contributed by atoms with E-state index in [-0.39, 0.29) is 17.5 Å². The van der Waals surface area contributed by atoms with Crippen LogP contribution in [-0.4, -0.2) is 93.2 Å². The normalized spacial score (nSPS) is 18.1. The van der Waals surface area contributed by atoms with E-state index in [9.17, 15) is 30.0 Å². The van der Waals surface area contributed by atoms with Crippen molar-refractivity contribution < 1.29 is 30.0 Å². The second-order valence-electron chi connectivity index (χ2n) is 16.3. The fourth-order valence-corrected chi connectivity index (χ4v) is 11.4. The highest BCUT2D eigenvalue weighted by Crippen LogP contribution is 2.38. The Labute approximate surface area is 377 Å². The lowest BCUT2D eigenvalue weighted by molar-refractivity contribution is -0.0435. The molecule has 3 atom stereocenters. The molecule has 18 heteroatoms. The third-order valence-electron chi connectivity index (χ3n) is 11.7. The summed E-state index contributed by atoms with van der Waals surface area (Å²) in [6.45, 7) is 6.76. The second-order valence-corrected chi connectivity index (χ2v) is 21.5. The number of fused-ring (bicyclic) bond motifs is 1. The predicted molar refractivity (Wildman–Crippen MR) is 246 cm³/mol. The van der Waals surface area contributed by atoms with E-state index in [1.807, 2.05) is 73.6 Å². The molecular weight excluding hydrogens is 891 g/mol. The number of aromatic nitrogens is 2. The van der Waals surface area contributed by atoms with Gasteiger partial charge < -0.3 is 10.2 Å². The molecule has 2 aliphatic heterocycles. The standard InChI is InChI=1S/C45H51ClF3N7O4S3/c1-30(21-24-61-37-15-13-35(14-16-37)54(3)4)52-41-18-17-38(26-43(41)62(57,58)45(47,48)49)63(59,60)53-44-40-20-23-56(28-42(40)50-29-51-44)36-19-22-55(31(2)25-36)27-33-7-5-6-8-39(33)32-9-11-34(46)12-10-32/h5-18,26,29-31,36,52H,19-25,27-28H2,1-4H3,(H,50,51,53)/t30-,31+,36?/m1/s1. The molecule has 4 aromatic carbocycles. The Kier molecular flexibility index (Phi) is 14.3. The highest BCUT2D eigenvalue weighted by molar-refractivity contribution is 7.99. The van der Waals surface area contributed by atoms with Crippen molar-refractivity contribution in [3.63, 3.8) is 0 Å². The van der Waals surface area contributed by atoms with Crippen molar-refractivity contribution >= 4 is 60.4 Å². The Morgan fingerprint density at radius 2 is 1.68 bits per heavy atom. The van der Waals surface area contributed by atoms with Crippen molar-refractivity contribution in [2.45, 2.75) is 90.9 Å². The number of halogens is 4. The summed E-state index contributed by atoms with van der Waals surface area (Å²) >= 11 is 7.71. The molecule has 7 rings (SSSR count). The van der Waals surface area contributed by atoms with Gasteiger partial charge in [-0.3, -0.25) is 14.5 Å². The van der Waals surface area contributed by atoms with Gasteiger partial charge in [-0.1, -0.05) is 48.0 Å². The molecular formula is C45H51ClF3N7O4S3. The van der Waals surface area contributed by atoms with Crippen LogP contribution in [0.3, 0.4) is 0 Å². The smallest absolute Gasteiger partial charge is 0.382 e. The molecule has 0 spiro atoms. The first kappa shape index (κ1) is 46.6. The maximum absolute atomic E-state index is 14.0. The first-order valence-corrected chi connectivity index (χ1v) is 25.0. The molecule has 0 saturated carbocycles. The first-order valence-electron chi connectivity index (χ1n) is 20.7. The minimum Gasteiger partial charge on any atom is -0.382 e. The van der Waals surface area contributed by atoms with E-state index in [4.69, 9.17) is 11.6 Å². The Bertz CT molecular complexity index is 2620. The summed E-state index contributed by atoms with van der Waals surface area (Å²) in [4.78, 5) is 14.7. The van der Waals surface area contributed by atoms with Crippen LogP contribution in [-0.2, 0) is 39.4 Å². The molecule has 0 aliphatic carbocycles. The molecule has 1 saturated heterocycles. The maximum atomic E-state index is 14.0. The van der Waals surface area contributed by atoms with Crippen LogP contribution < -0.4 is 14.9 Å². The van der Waals surface area contributed by atoms with Crippen molar-refractivity contribution in [2.24, 2.45) is 0 Å². The van der Waals surface area contributed by atoms with Crippen LogP contribution in [0.1, 0.15) is 49.9 Å². The van der Waals surface area contributed by atoms with Crippen molar-refractivity contribution in [3.05, 3.63) is 119 Å². The summed E-state index contributed by atoms with van der Waals surface area (Å²) in [5.41, 5.74) is -0.203. The lowest BCUT2D eigenvalue weighted by Gasteiger charge is -2.43. The minimum absolute atomic E-state index is 0.00657. The number of anilines is 3. The molecule has 5 aromatic rings. The van der Waals surface area contributed by atoms with Gasteiger partial charge in [0.1, 0.15) is 17.0 Å². The number of piperidine rings is 1. The fourth-order valence-electron chi connectivity index (χ4n) is 8.18. The molecule has 0 bridgehead atoms. The van der Waals surface area contributed by atoms with Gasteiger partial charge in [0, 0.05) is 79.6 Å². The van der Waals surface area contributed by atoms with Gasteiger partial charge >= 0.3 is 5.51 Å². The summed E-state index contributed by atoms with van der Waals surface area (Å²) < 4.78 is 98.0. The van der Waals surface area contributed by atoms with Crippen LogP contribution in [0.5, 0.6) is 0 Å². The van der Waals surface area contributed by atoms with Gasteiger partial charge in [0.05, 0.1) is 16.3 Å². The zero-order valence-electron chi connectivity index (χ0n) is 35.4. The van der Waals surface area contributed by atoms with Gasteiger partial charge in [0.2, 0.25) is 0 Å². The Morgan fingerprint density at radius 1 is 0.952 bits per heavy atom. The summed E-state index contributed by atoms with van der Waals surface area (Å²) in [5.74, 6) is 0.598. The highest BCUT2D eigenvalue weighted by Gasteiger charge is 2.48. The van der Waals surface area contributed by atoms with Crippen LogP contribution in [0.25, 0.3) is 11.1 Å². The van der Waals surface area contributed by atoms with Crippen LogP contribution in [0.2, 0.25) is 5.02 Å². The molecule has 2 aliphatic rings. The number of sulfonamides is 1. The predicted octanol–water partition coefficient (Wildman–Crippen LogP) is 9.35. The summed E-state index contributed by atoms with van der Waals surface area (Å²) in [7, 11) is -6.67. The van der Waals surface area contributed by atoms with E-state index in [2.05, 4.69) is 54.9 Å². The average Bonchev–Trinajstić information content (AvgIpc) is 3.24. The van der Waals surface area contributed by atoms with Crippen LogP contribution in [0.15, 0.2) is 112 Å². The van der Waals surface area contributed by atoms with Crippen molar-refractivity contribution in [1.82, 2.24) is 19.8 Å². The molecule has 1 unspecified atom stereocenters. The van der Waals surface area contributed by atoms with Crippen LogP contribution in [0, 0.1) is 0 Å². The van der Waals surface area contributed by atoms with Gasteiger partial charge in [0.25, 0.3) is 19.9 Å². The quantitative estimate of drug-likeness (QED) is 0.0976. The largest absolute Gasteiger partial charge is 0.501 e. The van der Waals surface area contributed by atoms with Crippen molar-refractivity contribution in [3.8, 4) is 11.1 Å². The van der Waals surface area contributed by atoms with E-state index >= 15 is 0 Å². The number of hydrogen-bond donors (Lipinski definition) is 2. The summed E-state index contributed by atoms with van der Waals surface area (Å²) in [6.07, 6.45) is 4.04. The third kappa shape index (κ3) is 10.9. The Morgan fingerprint density at radius 3 is 2.38 bits per heavy atom. The maximum Gasteiger partial charge on any atom is 0.501 e. The lowest BCUT2D eigenvalue weighted by atomic mass is 9.93. The number of benzene rings is 4. The molecule has 1 fully saturated rings. The number of thioether (sulfide) groups is 1. The van der Waals surface area contributed by atoms with Gasteiger partial charge in [0.15, 0.2) is 0 Å². The van der Waals surface area contributed by atoms with Gasteiger partial charge in [-0.25, -0.2) is 26.8 Å². The fraction of sp³-hybridized carbons (Fsp3) is 0.378. The lowest BCUT2D eigenvalue weighted by Crippen LogP contribution is -2.50. The first-order chi connectivity index (χ1) is 29.9. The Balaban J connectivity index is 1.01. The van der Waals surface area contributed by atoms with E-state index < -0.39 is 41.2 Å². The molecule has 63 heavy (non-hydrogen) atoms. The molecule has 2 N–H and O–H groups in total. The zero-order chi connectivity index (χ0) is 45.1. The number of nitrogens with zero attached hydrogens (tertiary/aromatic N) is 5. The van der Waals surface area contributed by atoms with Crippen LogP contribution in [0.4, 0.5) is 30.4 Å². The summed E-state index contributed by atoms with van der Waals surface area (Å²) in [5, 5.41) is 3.57. The molecule has 336 valence electrons. The number of hydrogen-bond acceptors (Lipinski definition) is 11. The van der Waals surface area contributed by atoms with E-state index in [1.165, 1.54) is 17.5 Å². The molecule has 0 amide bonds. The highest BCUT2D eigenvalue weighted by atomic mass is 35.5. The molecule has 11 nitrogen and oxygen atoms in total. The van der Waals surface area contributed by atoms with Gasteiger partial charge in [-0.15, -0.1) is 11.8 Å². The topological polar surface area (TPSA) is 128 Å². The number of likely N-dealkylation sites (tertiary alicyclic amines) is 1. The molecule has 3 heterocycles. The SMILES string of the molecule is C[C@H](CCSc1ccc(N(C)C)cc1)Nc1ccc(S(=O)(=O)Nc2ncnc3c2CCN(C2CCN(Cc4ccccc4-c4ccc(Cl)cc4)[C@@H](C)C2)C3)cc1S(=O)(=O)C(F)(F)F. The third-order valence-corrected chi connectivity index (χ3v) is 15.9. The average molecular weight is 943 g/mol. The number of nitrogens with one attached hydrogen (secondary N) is 2. The summed E-state index contributed by atoms with van der Waals surface area (Å²) in [6, 6.07) is 27.0. The van der Waals surface area contributed by atoms with E-state index in [1.54, 1.807) is 18.7 Å². The van der Waals surface area contributed by atoms with Gasteiger partial charge in [-0.2, -0.15) is 13.2 Å². The number of alkyl halides is 3. The Hall–Kier alpha value is -4.39. The molecule has 1 aromatic heterocycles. The van der Waals surface area contributed by atoms with Crippen LogP contribution >= 0.6 is 23.4 Å². The minimum atomic E-state index is -5.95. The number of sulfone groups is 1. The zero-order valence-corrected chi connectivity index (χ0v) is 38.6. The van der Waals surface area contributed by atoms with Crippen molar-refractivity contribution in [2.75, 3.05) is 47.9 Å². The number of rotatable bonds is 15. The monoisotopic (exact) mass is 941 g/mol. The second kappa shape index (κ2) is 19.4. The van der Waals surface area contributed by atoms with Crippen molar-refractivity contribution in [1.29, 1.82) is 0 Å². The molecule has 0 radical (unpaired) electrons. The van der Waals surface area contributed by atoms with E-state index in [0.717, 1.165) is 54.2 Å². The van der Waals surface area contributed by atoms with Gasteiger partial charge in [-0.05, 0) is 117 Å². The van der Waals surface area contributed by atoms with E-state index in [0.29, 0.717) is 60.1 Å².